The molecule has 94 valence electrons. The van der Waals surface area contributed by atoms with E-state index in [9.17, 15) is 4.79 Å². The molecule has 18 heavy (non-hydrogen) atoms. The van der Waals surface area contributed by atoms with Crippen LogP contribution in [0.2, 0.25) is 0 Å². The van der Waals surface area contributed by atoms with E-state index < -0.39 is 0 Å². The summed E-state index contributed by atoms with van der Waals surface area (Å²) in [4.78, 5) is 11.3. The number of rotatable bonds is 2. The molecular formula is C14H14ClNO2. The van der Waals surface area contributed by atoms with Gasteiger partial charge in [0.15, 0.2) is 0 Å². The predicted molar refractivity (Wildman–Crippen MR) is 74.9 cm³/mol. The Morgan fingerprint density at radius 1 is 1.06 bits per heavy atom. The molecule has 2 aromatic rings. The van der Waals surface area contributed by atoms with Crippen molar-refractivity contribution in [2.24, 2.45) is 0 Å². The first-order valence-electron chi connectivity index (χ1n) is 5.25. The summed E-state index contributed by atoms with van der Waals surface area (Å²) in [5, 5.41) is 0. The van der Waals surface area contributed by atoms with Crippen molar-refractivity contribution in [1.82, 2.24) is 0 Å². The van der Waals surface area contributed by atoms with Gasteiger partial charge in [0, 0.05) is 11.3 Å². The second kappa shape index (κ2) is 6.07. The van der Waals surface area contributed by atoms with Crippen molar-refractivity contribution in [2.75, 3.05) is 12.8 Å². The minimum atomic E-state index is -0.336. The number of carbonyl (C=O) groups is 1. The smallest absolute Gasteiger partial charge is 0.337 e. The maximum absolute atomic E-state index is 11.3. The molecule has 4 heteroatoms. The Hall–Kier alpha value is -2.00. The van der Waals surface area contributed by atoms with Crippen LogP contribution in [-0.2, 0) is 4.74 Å². The van der Waals surface area contributed by atoms with Crippen molar-refractivity contribution in [3.05, 3.63) is 54.1 Å². The largest absolute Gasteiger partial charge is 0.465 e. The molecule has 0 bridgehead atoms. The zero-order chi connectivity index (χ0) is 12.3. The lowest BCUT2D eigenvalue weighted by molar-refractivity contribution is 0.0601. The first-order valence-corrected chi connectivity index (χ1v) is 5.25. The Kier molecular flexibility index (Phi) is 4.75. The number of nitrogens with two attached hydrogens (primary N) is 1. The molecular weight excluding hydrogens is 250 g/mol. The van der Waals surface area contributed by atoms with Crippen molar-refractivity contribution in [1.29, 1.82) is 0 Å². The number of anilines is 1. The van der Waals surface area contributed by atoms with E-state index >= 15 is 0 Å². The summed E-state index contributed by atoms with van der Waals surface area (Å²) in [5.74, 6) is -0.336. The number of halogens is 1. The first kappa shape index (κ1) is 14.1. The van der Waals surface area contributed by atoms with E-state index in [4.69, 9.17) is 5.73 Å². The number of hydrogen-bond donors (Lipinski definition) is 1. The van der Waals surface area contributed by atoms with Crippen LogP contribution in [0, 0.1) is 0 Å². The molecule has 2 N–H and O–H groups in total. The van der Waals surface area contributed by atoms with Crippen molar-refractivity contribution in [2.45, 2.75) is 0 Å². The van der Waals surface area contributed by atoms with Crippen LogP contribution in [0.4, 0.5) is 5.69 Å². The average Bonchev–Trinajstić information content (AvgIpc) is 2.39. The van der Waals surface area contributed by atoms with E-state index in [-0.39, 0.29) is 18.4 Å². The summed E-state index contributed by atoms with van der Waals surface area (Å²) in [5.41, 5.74) is 9.08. The summed E-state index contributed by atoms with van der Waals surface area (Å²) < 4.78 is 4.64. The number of hydrogen-bond acceptors (Lipinski definition) is 3. The molecule has 0 aliphatic rings. The number of esters is 1. The number of para-hydroxylation sites is 1. The zero-order valence-corrected chi connectivity index (χ0v) is 10.7. The number of carbonyl (C=O) groups excluding carboxylic acids is 1. The fourth-order valence-corrected chi connectivity index (χ4v) is 1.66. The van der Waals surface area contributed by atoms with E-state index in [2.05, 4.69) is 4.74 Å². The number of benzene rings is 2. The fraction of sp³-hybridized carbons (Fsp3) is 0.0714. The van der Waals surface area contributed by atoms with Gasteiger partial charge < -0.3 is 10.5 Å². The molecule has 0 atom stereocenters. The van der Waals surface area contributed by atoms with E-state index in [0.717, 1.165) is 16.8 Å². The zero-order valence-electron chi connectivity index (χ0n) is 9.92. The van der Waals surface area contributed by atoms with E-state index in [1.54, 1.807) is 12.1 Å². The molecule has 0 radical (unpaired) electrons. The van der Waals surface area contributed by atoms with Gasteiger partial charge in [0.2, 0.25) is 0 Å². The monoisotopic (exact) mass is 263 g/mol. The van der Waals surface area contributed by atoms with E-state index in [1.807, 2.05) is 36.4 Å². The lowest BCUT2D eigenvalue weighted by Crippen LogP contribution is -2.00. The Balaban J connectivity index is 0.00000162. The van der Waals surface area contributed by atoms with Crippen LogP contribution in [0.1, 0.15) is 10.4 Å². The highest BCUT2D eigenvalue weighted by Gasteiger charge is 2.06. The molecule has 0 saturated carbocycles. The quantitative estimate of drug-likeness (QED) is 0.669. The van der Waals surface area contributed by atoms with Crippen molar-refractivity contribution in [3.8, 4) is 11.1 Å². The predicted octanol–water partition coefficient (Wildman–Crippen LogP) is 3.14. The van der Waals surface area contributed by atoms with Gasteiger partial charge in [-0.2, -0.15) is 0 Å². The van der Waals surface area contributed by atoms with E-state index in [0.29, 0.717) is 5.56 Å². The summed E-state index contributed by atoms with van der Waals surface area (Å²) in [7, 11) is 1.37. The molecule has 0 spiro atoms. The number of nitrogen functional groups attached to an aromatic ring is 1. The summed E-state index contributed by atoms with van der Waals surface area (Å²) >= 11 is 0. The second-order valence-electron chi connectivity index (χ2n) is 3.66. The van der Waals surface area contributed by atoms with Gasteiger partial charge in [-0.1, -0.05) is 30.3 Å². The molecule has 3 nitrogen and oxygen atoms in total. The summed E-state index contributed by atoms with van der Waals surface area (Å²) in [6.07, 6.45) is 0. The minimum absolute atomic E-state index is 0. The molecule has 0 heterocycles. The SMILES string of the molecule is COC(=O)c1ccc(-c2ccccc2N)cc1.Cl. The standard InChI is InChI=1S/C14H13NO2.ClH/c1-17-14(16)11-8-6-10(7-9-11)12-4-2-3-5-13(12)15;/h2-9H,15H2,1H3;1H. The maximum atomic E-state index is 11.3. The van der Waals surface area contributed by atoms with Gasteiger partial charge in [-0.3, -0.25) is 0 Å². The second-order valence-corrected chi connectivity index (χ2v) is 3.66. The first-order chi connectivity index (χ1) is 8.22. The topological polar surface area (TPSA) is 52.3 Å². The lowest BCUT2D eigenvalue weighted by Gasteiger charge is -2.06. The molecule has 0 saturated heterocycles. The van der Waals surface area contributed by atoms with Crippen LogP contribution in [0.15, 0.2) is 48.5 Å². The molecule has 0 aliphatic carbocycles. The minimum Gasteiger partial charge on any atom is -0.465 e. The Morgan fingerprint density at radius 2 is 1.67 bits per heavy atom. The van der Waals surface area contributed by atoms with Crippen molar-refractivity contribution < 1.29 is 9.53 Å². The normalized spacial score (nSPS) is 9.39. The van der Waals surface area contributed by atoms with Crippen LogP contribution in [0.3, 0.4) is 0 Å². The van der Waals surface area contributed by atoms with Crippen LogP contribution < -0.4 is 5.73 Å². The van der Waals surface area contributed by atoms with Crippen molar-refractivity contribution in [3.63, 3.8) is 0 Å². The highest BCUT2D eigenvalue weighted by Crippen LogP contribution is 2.25. The molecule has 0 fully saturated rings. The Labute approximate surface area is 112 Å². The third-order valence-electron chi connectivity index (χ3n) is 2.58. The van der Waals surface area contributed by atoms with Gasteiger partial charge in [-0.25, -0.2) is 4.79 Å². The van der Waals surface area contributed by atoms with Crippen molar-refractivity contribution >= 4 is 24.1 Å². The Morgan fingerprint density at radius 3 is 2.22 bits per heavy atom. The molecule has 0 amide bonds. The number of methoxy groups -OCH3 is 1. The fourth-order valence-electron chi connectivity index (χ4n) is 1.66. The highest BCUT2D eigenvalue weighted by atomic mass is 35.5. The van der Waals surface area contributed by atoms with Gasteiger partial charge in [-0.05, 0) is 23.8 Å². The van der Waals surface area contributed by atoms with Gasteiger partial charge in [0.05, 0.1) is 12.7 Å². The highest BCUT2D eigenvalue weighted by molar-refractivity contribution is 5.90. The lowest BCUT2D eigenvalue weighted by atomic mass is 10.0. The maximum Gasteiger partial charge on any atom is 0.337 e. The molecule has 0 unspecified atom stereocenters. The molecule has 0 aromatic heterocycles. The summed E-state index contributed by atoms with van der Waals surface area (Å²) in [6, 6.07) is 14.8. The van der Waals surface area contributed by atoms with Crippen LogP contribution in [-0.4, -0.2) is 13.1 Å². The van der Waals surface area contributed by atoms with E-state index in [1.165, 1.54) is 7.11 Å². The van der Waals surface area contributed by atoms with Crippen LogP contribution >= 0.6 is 12.4 Å². The Bertz CT molecular complexity index is 538. The van der Waals surface area contributed by atoms with Gasteiger partial charge >= 0.3 is 5.97 Å². The molecule has 2 rings (SSSR count). The average molecular weight is 264 g/mol. The third kappa shape index (κ3) is 2.81. The third-order valence-corrected chi connectivity index (χ3v) is 2.58. The summed E-state index contributed by atoms with van der Waals surface area (Å²) in [6.45, 7) is 0. The van der Waals surface area contributed by atoms with Gasteiger partial charge in [-0.15, -0.1) is 12.4 Å². The van der Waals surface area contributed by atoms with Crippen LogP contribution in [0.25, 0.3) is 11.1 Å². The van der Waals surface area contributed by atoms with Gasteiger partial charge in [0.1, 0.15) is 0 Å². The molecule has 2 aromatic carbocycles. The number of ether oxygens (including phenoxy) is 1. The van der Waals surface area contributed by atoms with Crippen LogP contribution in [0.5, 0.6) is 0 Å². The molecule has 0 aliphatic heterocycles. The van der Waals surface area contributed by atoms with Gasteiger partial charge in [0.25, 0.3) is 0 Å².